The molecule has 98 valence electrons. The first-order valence-corrected chi connectivity index (χ1v) is 6.10. The Labute approximate surface area is 106 Å². The highest BCUT2D eigenvalue weighted by molar-refractivity contribution is 5.85. The fraction of sp³-hybridized carbons (Fsp3) is 0.583. The van der Waals surface area contributed by atoms with E-state index in [0.717, 1.165) is 12.8 Å². The number of aromatic nitrogens is 2. The summed E-state index contributed by atoms with van der Waals surface area (Å²) in [4.78, 5) is 0. The third-order valence-corrected chi connectivity index (χ3v) is 2.91. The Hall–Kier alpha value is -1.85. The van der Waals surface area contributed by atoms with Gasteiger partial charge in [0, 0.05) is 11.8 Å². The zero-order valence-electron chi connectivity index (χ0n) is 10.8. The Kier molecular flexibility index (Phi) is 4.33. The number of hydrazone groups is 1. The van der Waals surface area contributed by atoms with Crippen LogP contribution >= 0.6 is 0 Å². The molecule has 0 aliphatic heterocycles. The van der Waals surface area contributed by atoms with Gasteiger partial charge in [0.05, 0.1) is 14.2 Å². The van der Waals surface area contributed by atoms with Gasteiger partial charge in [-0.2, -0.15) is 5.10 Å². The van der Waals surface area contributed by atoms with E-state index in [2.05, 4.69) is 20.7 Å². The summed E-state index contributed by atoms with van der Waals surface area (Å²) in [5.41, 5.74) is 4.85. The molecule has 0 atom stereocenters. The predicted molar refractivity (Wildman–Crippen MR) is 69.3 cm³/mol. The third-order valence-electron chi connectivity index (χ3n) is 2.91. The van der Waals surface area contributed by atoms with Crippen molar-refractivity contribution in [2.24, 2.45) is 5.10 Å². The molecule has 1 N–H and O–H groups in total. The fourth-order valence-electron chi connectivity index (χ4n) is 1.90. The van der Waals surface area contributed by atoms with Gasteiger partial charge in [0.15, 0.2) is 0 Å². The third kappa shape index (κ3) is 3.09. The number of methoxy groups -OCH3 is 2. The first kappa shape index (κ1) is 12.6. The van der Waals surface area contributed by atoms with Crippen molar-refractivity contribution in [1.82, 2.24) is 10.2 Å². The van der Waals surface area contributed by atoms with Crippen LogP contribution in [0.5, 0.6) is 11.8 Å². The first-order valence-electron chi connectivity index (χ1n) is 6.10. The topological polar surface area (TPSA) is 68.6 Å². The Balaban J connectivity index is 2.11. The minimum absolute atomic E-state index is 0.413. The van der Waals surface area contributed by atoms with E-state index >= 15 is 0 Å². The number of anilines is 1. The van der Waals surface area contributed by atoms with Crippen molar-refractivity contribution in [3.05, 3.63) is 6.07 Å². The van der Waals surface area contributed by atoms with Gasteiger partial charge in [-0.15, -0.1) is 10.2 Å². The summed E-state index contributed by atoms with van der Waals surface area (Å²) in [6.07, 6.45) is 5.86. The number of rotatable bonds is 4. The molecule has 0 amide bonds. The van der Waals surface area contributed by atoms with E-state index in [0.29, 0.717) is 17.4 Å². The zero-order chi connectivity index (χ0) is 12.8. The molecular formula is C12H18N4O2. The van der Waals surface area contributed by atoms with Crippen molar-refractivity contribution in [3.63, 3.8) is 0 Å². The van der Waals surface area contributed by atoms with E-state index in [-0.39, 0.29) is 0 Å². The Bertz CT molecular complexity index is 426. The molecule has 1 aliphatic rings. The minimum atomic E-state index is 0.413. The molecule has 18 heavy (non-hydrogen) atoms. The maximum Gasteiger partial charge on any atom is 0.258 e. The molecule has 0 unspecified atom stereocenters. The second-order valence-electron chi connectivity index (χ2n) is 4.16. The van der Waals surface area contributed by atoms with Crippen LogP contribution < -0.4 is 14.9 Å². The zero-order valence-corrected chi connectivity index (χ0v) is 10.8. The van der Waals surface area contributed by atoms with Crippen molar-refractivity contribution in [1.29, 1.82) is 0 Å². The monoisotopic (exact) mass is 250 g/mol. The van der Waals surface area contributed by atoms with Crippen molar-refractivity contribution in [2.45, 2.75) is 32.1 Å². The van der Waals surface area contributed by atoms with Crippen molar-refractivity contribution < 1.29 is 9.47 Å². The lowest BCUT2D eigenvalue weighted by molar-refractivity contribution is 0.369. The van der Waals surface area contributed by atoms with Crippen molar-refractivity contribution >= 4 is 11.4 Å². The molecule has 1 aromatic rings. The highest BCUT2D eigenvalue weighted by Crippen LogP contribution is 2.24. The van der Waals surface area contributed by atoms with Gasteiger partial charge in [0.25, 0.3) is 5.88 Å². The smallest absolute Gasteiger partial charge is 0.258 e. The molecule has 0 aromatic carbocycles. The molecule has 6 heteroatoms. The van der Waals surface area contributed by atoms with Gasteiger partial charge in [-0.1, -0.05) is 6.42 Å². The summed E-state index contributed by atoms with van der Waals surface area (Å²) in [5.74, 6) is 0.845. The van der Waals surface area contributed by atoms with Crippen molar-refractivity contribution in [3.8, 4) is 11.8 Å². The molecule has 2 rings (SSSR count). The standard InChI is InChI=1S/C12H18N4O2/c1-17-11-8-10(12(18-2)16-15-11)14-13-9-6-4-3-5-7-9/h8H,3-7H2,1-2H3,(H,14,15). The van der Waals surface area contributed by atoms with Gasteiger partial charge in [-0.25, -0.2) is 0 Å². The summed E-state index contributed by atoms with van der Waals surface area (Å²) >= 11 is 0. The van der Waals surface area contributed by atoms with Crippen LogP contribution in [0.15, 0.2) is 11.2 Å². The molecule has 1 saturated carbocycles. The Morgan fingerprint density at radius 2 is 1.89 bits per heavy atom. The predicted octanol–water partition coefficient (Wildman–Crippen LogP) is 2.23. The quantitative estimate of drug-likeness (QED) is 0.830. The van der Waals surface area contributed by atoms with E-state index < -0.39 is 0 Å². The van der Waals surface area contributed by atoms with E-state index in [9.17, 15) is 0 Å². The lowest BCUT2D eigenvalue weighted by Crippen LogP contribution is -2.08. The van der Waals surface area contributed by atoms with Gasteiger partial charge < -0.3 is 9.47 Å². The van der Waals surface area contributed by atoms with E-state index in [4.69, 9.17) is 9.47 Å². The van der Waals surface area contributed by atoms with Gasteiger partial charge in [0.2, 0.25) is 5.88 Å². The normalized spacial score (nSPS) is 15.1. The van der Waals surface area contributed by atoms with E-state index in [1.54, 1.807) is 20.3 Å². The summed E-state index contributed by atoms with van der Waals surface area (Å²) in [7, 11) is 3.10. The second-order valence-corrected chi connectivity index (χ2v) is 4.16. The molecule has 1 aliphatic carbocycles. The minimum Gasteiger partial charge on any atom is -0.480 e. The average molecular weight is 250 g/mol. The van der Waals surface area contributed by atoms with Gasteiger partial charge in [0.1, 0.15) is 5.69 Å². The van der Waals surface area contributed by atoms with E-state index in [1.807, 2.05) is 0 Å². The van der Waals surface area contributed by atoms with Crippen LogP contribution in [0.1, 0.15) is 32.1 Å². The van der Waals surface area contributed by atoms with E-state index in [1.165, 1.54) is 25.0 Å². The van der Waals surface area contributed by atoms with Crippen LogP contribution in [-0.4, -0.2) is 30.1 Å². The number of hydrogen-bond acceptors (Lipinski definition) is 6. The lowest BCUT2D eigenvalue weighted by atomic mass is 9.99. The molecule has 0 spiro atoms. The number of nitrogens with zero attached hydrogens (tertiary/aromatic N) is 3. The largest absolute Gasteiger partial charge is 0.480 e. The van der Waals surface area contributed by atoms with Crippen LogP contribution in [0.2, 0.25) is 0 Å². The SMILES string of the molecule is COc1cc(NN=C2CCCCC2)c(OC)nn1. The number of nitrogens with one attached hydrogen (secondary N) is 1. The molecule has 0 radical (unpaired) electrons. The molecule has 6 nitrogen and oxygen atoms in total. The number of hydrogen-bond donors (Lipinski definition) is 1. The van der Waals surface area contributed by atoms with Crippen LogP contribution in [0.25, 0.3) is 0 Å². The average Bonchev–Trinajstić information content (AvgIpc) is 2.45. The highest BCUT2D eigenvalue weighted by Gasteiger charge is 2.09. The van der Waals surface area contributed by atoms with Gasteiger partial charge >= 0.3 is 0 Å². The summed E-state index contributed by atoms with van der Waals surface area (Å²) < 4.78 is 10.2. The maximum absolute atomic E-state index is 5.12. The molecular weight excluding hydrogens is 232 g/mol. The van der Waals surface area contributed by atoms with Crippen molar-refractivity contribution in [2.75, 3.05) is 19.6 Å². The fourth-order valence-corrected chi connectivity index (χ4v) is 1.90. The molecule has 1 heterocycles. The molecule has 0 saturated heterocycles. The van der Waals surface area contributed by atoms with Crippen LogP contribution in [0.3, 0.4) is 0 Å². The summed E-state index contributed by atoms with van der Waals surface area (Å²) in [6, 6.07) is 1.72. The molecule has 0 bridgehead atoms. The van der Waals surface area contributed by atoms with Crippen LogP contribution in [-0.2, 0) is 0 Å². The van der Waals surface area contributed by atoms with Gasteiger partial charge in [-0.3, -0.25) is 5.43 Å². The van der Waals surface area contributed by atoms with Gasteiger partial charge in [-0.05, 0) is 25.7 Å². The summed E-state index contributed by atoms with van der Waals surface area (Å²) in [6.45, 7) is 0. The highest BCUT2D eigenvalue weighted by atomic mass is 16.5. The van der Waals surface area contributed by atoms with Crippen LogP contribution in [0.4, 0.5) is 5.69 Å². The lowest BCUT2D eigenvalue weighted by Gasteiger charge is -2.13. The Morgan fingerprint density at radius 3 is 2.56 bits per heavy atom. The van der Waals surface area contributed by atoms with Crippen LogP contribution in [0, 0.1) is 0 Å². The molecule has 1 aromatic heterocycles. The second kappa shape index (κ2) is 6.18. The summed E-state index contributed by atoms with van der Waals surface area (Å²) in [5, 5.41) is 12.1. The maximum atomic E-state index is 5.12. The number of ether oxygens (including phenoxy) is 2. The Morgan fingerprint density at radius 1 is 1.11 bits per heavy atom. The first-order chi connectivity index (χ1) is 8.83. The molecule has 1 fully saturated rings.